The Labute approximate surface area is 108 Å². The smallest absolute Gasteiger partial charge is 0.121 e. The number of hydrogen-bond donors (Lipinski definition) is 0. The number of halogens is 1. The first-order valence-electron chi connectivity index (χ1n) is 5.56. The van der Waals surface area contributed by atoms with Crippen LogP contribution >= 0.6 is 11.6 Å². The van der Waals surface area contributed by atoms with E-state index in [0.29, 0.717) is 18.9 Å². The number of methoxy groups -OCH3 is 1. The monoisotopic (exact) mass is 252 g/mol. The first kappa shape index (κ1) is 13.9. The first-order chi connectivity index (χ1) is 8.26. The van der Waals surface area contributed by atoms with Gasteiger partial charge in [-0.15, -0.1) is 11.6 Å². The number of alkyl halides is 1. The molecule has 1 aromatic rings. The summed E-state index contributed by atoms with van der Waals surface area (Å²) in [4.78, 5) is 0. The second-order valence-corrected chi connectivity index (χ2v) is 4.03. The minimum absolute atomic E-state index is 0.0334. The van der Waals surface area contributed by atoms with E-state index in [2.05, 4.69) is 11.8 Å². The van der Waals surface area contributed by atoms with Crippen LogP contribution in [0.15, 0.2) is 24.3 Å². The Morgan fingerprint density at radius 1 is 1.41 bits per heavy atom. The fraction of sp³-hybridized carbons (Fsp3) is 0.429. The van der Waals surface area contributed by atoms with E-state index < -0.39 is 0 Å². The highest BCUT2D eigenvalue weighted by molar-refractivity contribution is 6.18. The molecular weight excluding hydrogens is 236 g/mol. The quantitative estimate of drug-likeness (QED) is 0.592. The molecule has 1 unspecified atom stereocenters. The fourth-order valence-electron chi connectivity index (χ4n) is 1.36. The third-order valence-corrected chi connectivity index (χ3v) is 2.21. The molecule has 0 bridgehead atoms. The van der Waals surface area contributed by atoms with Gasteiger partial charge in [-0.05, 0) is 25.1 Å². The maximum atomic E-state index is 5.68. The van der Waals surface area contributed by atoms with E-state index in [9.17, 15) is 0 Å². The van der Waals surface area contributed by atoms with Crippen LogP contribution < -0.4 is 4.74 Å². The second kappa shape index (κ2) is 8.00. The van der Waals surface area contributed by atoms with Crippen molar-refractivity contribution in [1.82, 2.24) is 0 Å². The van der Waals surface area contributed by atoms with E-state index in [0.717, 1.165) is 11.3 Å². The van der Waals surface area contributed by atoms with Crippen LogP contribution in [0.5, 0.6) is 5.75 Å². The van der Waals surface area contributed by atoms with Crippen molar-refractivity contribution in [2.75, 3.05) is 19.6 Å². The van der Waals surface area contributed by atoms with Crippen LogP contribution in [-0.2, 0) is 4.74 Å². The molecule has 0 saturated heterocycles. The summed E-state index contributed by atoms with van der Waals surface area (Å²) in [6.07, 6.45) is 0.734. The highest BCUT2D eigenvalue weighted by Crippen LogP contribution is 2.14. The molecule has 3 heteroatoms. The summed E-state index contributed by atoms with van der Waals surface area (Å²) in [5.74, 6) is 7.42. The zero-order valence-corrected chi connectivity index (χ0v) is 11.0. The molecule has 0 fully saturated rings. The van der Waals surface area contributed by atoms with E-state index in [1.807, 2.05) is 31.2 Å². The molecule has 0 spiro atoms. The summed E-state index contributed by atoms with van der Waals surface area (Å²) in [7, 11) is 1.66. The lowest BCUT2D eigenvalue weighted by Gasteiger charge is -2.13. The lowest BCUT2D eigenvalue weighted by molar-refractivity contribution is 0.0921. The average Bonchev–Trinajstić information content (AvgIpc) is 2.30. The predicted octanol–water partition coefficient (Wildman–Crippen LogP) is 3.08. The Hall–Kier alpha value is -1.17. The van der Waals surface area contributed by atoms with Gasteiger partial charge in [0.25, 0.3) is 0 Å². The van der Waals surface area contributed by atoms with Gasteiger partial charge in [-0.1, -0.05) is 17.9 Å². The maximum absolute atomic E-state index is 5.68. The van der Waals surface area contributed by atoms with Crippen LogP contribution in [0.3, 0.4) is 0 Å². The van der Waals surface area contributed by atoms with Crippen molar-refractivity contribution in [3.05, 3.63) is 29.8 Å². The van der Waals surface area contributed by atoms with E-state index in [-0.39, 0.29) is 6.10 Å². The maximum Gasteiger partial charge on any atom is 0.121 e. The molecule has 1 atom stereocenters. The van der Waals surface area contributed by atoms with Crippen molar-refractivity contribution in [3.63, 3.8) is 0 Å². The molecule has 1 rings (SSSR count). The molecule has 0 amide bonds. The topological polar surface area (TPSA) is 18.5 Å². The van der Waals surface area contributed by atoms with E-state index in [1.165, 1.54) is 0 Å². The number of rotatable bonds is 5. The van der Waals surface area contributed by atoms with Crippen LogP contribution in [0.4, 0.5) is 0 Å². The van der Waals surface area contributed by atoms with Crippen molar-refractivity contribution in [1.29, 1.82) is 0 Å². The van der Waals surface area contributed by atoms with Crippen LogP contribution in [0.2, 0.25) is 0 Å². The summed E-state index contributed by atoms with van der Waals surface area (Å²) in [5.41, 5.74) is 0.942. The van der Waals surface area contributed by atoms with Crippen LogP contribution in [0.1, 0.15) is 18.9 Å². The van der Waals surface area contributed by atoms with Gasteiger partial charge in [-0.3, -0.25) is 0 Å². The Morgan fingerprint density at radius 2 is 2.24 bits per heavy atom. The molecule has 0 aliphatic heterocycles. The van der Waals surface area contributed by atoms with Gasteiger partial charge < -0.3 is 9.47 Å². The van der Waals surface area contributed by atoms with Crippen molar-refractivity contribution in [2.24, 2.45) is 0 Å². The Balaban J connectivity index is 2.63. The van der Waals surface area contributed by atoms with Gasteiger partial charge in [0, 0.05) is 25.0 Å². The number of benzene rings is 1. The van der Waals surface area contributed by atoms with Gasteiger partial charge in [0.15, 0.2) is 0 Å². The minimum Gasteiger partial charge on any atom is -0.488 e. The first-order valence-corrected chi connectivity index (χ1v) is 6.10. The highest BCUT2D eigenvalue weighted by Gasteiger charge is 2.02. The predicted molar refractivity (Wildman–Crippen MR) is 70.6 cm³/mol. The third-order valence-electron chi connectivity index (χ3n) is 2.02. The molecule has 0 aliphatic rings. The molecule has 0 radical (unpaired) electrons. The molecular formula is C14H17ClO2. The highest BCUT2D eigenvalue weighted by atomic mass is 35.5. The van der Waals surface area contributed by atoms with Crippen molar-refractivity contribution < 1.29 is 9.47 Å². The van der Waals surface area contributed by atoms with Gasteiger partial charge in [0.1, 0.15) is 11.9 Å². The Kier molecular flexibility index (Phi) is 6.54. The van der Waals surface area contributed by atoms with Gasteiger partial charge in [0.2, 0.25) is 0 Å². The molecule has 2 nitrogen and oxygen atoms in total. The zero-order valence-electron chi connectivity index (χ0n) is 10.2. The summed E-state index contributed by atoms with van der Waals surface area (Å²) in [6.45, 7) is 2.54. The van der Waals surface area contributed by atoms with Crippen LogP contribution in [0.25, 0.3) is 0 Å². The average molecular weight is 253 g/mol. The molecule has 0 heterocycles. The third kappa shape index (κ3) is 5.63. The second-order valence-electron chi connectivity index (χ2n) is 3.65. The lowest BCUT2D eigenvalue weighted by Crippen LogP contribution is -2.17. The SMILES string of the molecule is COCC(C)Oc1cccc(C#CCCCl)c1. The van der Waals surface area contributed by atoms with Gasteiger partial charge in [-0.25, -0.2) is 0 Å². The molecule has 0 aromatic heterocycles. The van der Waals surface area contributed by atoms with E-state index in [1.54, 1.807) is 7.11 Å². The summed E-state index contributed by atoms with van der Waals surface area (Å²) >= 11 is 5.56. The zero-order chi connectivity index (χ0) is 12.5. The van der Waals surface area contributed by atoms with E-state index >= 15 is 0 Å². The summed E-state index contributed by atoms with van der Waals surface area (Å²) < 4.78 is 10.7. The molecule has 1 aromatic carbocycles. The molecule has 0 N–H and O–H groups in total. The molecule has 0 aliphatic carbocycles. The summed E-state index contributed by atoms with van der Waals surface area (Å²) in [5, 5.41) is 0. The van der Waals surface area contributed by atoms with Crippen molar-refractivity contribution >= 4 is 11.6 Å². The van der Waals surface area contributed by atoms with Gasteiger partial charge in [-0.2, -0.15) is 0 Å². The lowest BCUT2D eigenvalue weighted by atomic mass is 10.2. The van der Waals surface area contributed by atoms with Gasteiger partial charge >= 0.3 is 0 Å². The molecule has 0 saturated carbocycles. The normalized spacial score (nSPS) is 11.5. The van der Waals surface area contributed by atoms with Crippen LogP contribution in [0, 0.1) is 11.8 Å². The van der Waals surface area contributed by atoms with Gasteiger partial charge in [0.05, 0.1) is 6.61 Å². The standard InChI is InChI=1S/C14H17ClO2/c1-12(11-16-2)17-14-8-5-7-13(10-14)6-3-4-9-15/h5,7-8,10,12H,4,9,11H2,1-2H3. The summed E-state index contributed by atoms with van der Waals surface area (Å²) in [6, 6.07) is 7.72. The van der Waals surface area contributed by atoms with Crippen molar-refractivity contribution in [2.45, 2.75) is 19.4 Å². The Bertz CT molecular complexity index is 393. The Morgan fingerprint density at radius 3 is 2.94 bits per heavy atom. The van der Waals surface area contributed by atoms with E-state index in [4.69, 9.17) is 21.1 Å². The van der Waals surface area contributed by atoms with Crippen LogP contribution in [-0.4, -0.2) is 25.7 Å². The molecule has 92 valence electrons. The largest absolute Gasteiger partial charge is 0.488 e. The van der Waals surface area contributed by atoms with Crippen molar-refractivity contribution in [3.8, 4) is 17.6 Å². The fourth-order valence-corrected chi connectivity index (χ4v) is 1.45. The molecule has 17 heavy (non-hydrogen) atoms. The number of hydrogen-bond acceptors (Lipinski definition) is 2. The minimum atomic E-state index is 0.0334. The number of ether oxygens (including phenoxy) is 2.